The molecule has 1 saturated heterocycles. The van der Waals surface area contributed by atoms with Gasteiger partial charge in [-0.05, 0) is 12.5 Å². The Morgan fingerprint density at radius 3 is 3.06 bits per heavy atom. The van der Waals surface area contributed by atoms with Crippen molar-refractivity contribution in [3.63, 3.8) is 0 Å². The fourth-order valence-corrected chi connectivity index (χ4v) is 3.04. The Hall–Kier alpha value is -0.550. The molecule has 1 aromatic rings. The standard InChI is InChI=1S/C11H13Cl2N3O/c12-5-3-7(13)11(15-4-5)16-9-8(14)6-1-2-17-10(6)9/h3-4,6,8-10H,1-2,14H2,(H,15,16). The second-order valence-corrected chi connectivity index (χ2v) is 5.36. The summed E-state index contributed by atoms with van der Waals surface area (Å²) >= 11 is 11.8. The number of nitrogens with zero attached hydrogens (tertiary/aromatic N) is 1. The second-order valence-electron chi connectivity index (χ2n) is 4.52. The molecule has 1 saturated carbocycles. The van der Waals surface area contributed by atoms with Crippen molar-refractivity contribution in [3.05, 3.63) is 22.3 Å². The average molecular weight is 274 g/mol. The maximum absolute atomic E-state index is 6.10. The van der Waals surface area contributed by atoms with E-state index in [0.29, 0.717) is 21.8 Å². The lowest BCUT2D eigenvalue weighted by Crippen LogP contribution is -2.65. The maximum atomic E-state index is 6.10. The van der Waals surface area contributed by atoms with Gasteiger partial charge in [-0.1, -0.05) is 23.2 Å². The molecule has 1 aromatic heterocycles. The van der Waals surface area contributed by atoms with E-state index in [4.69, 9.17) is 33.7 Å². The van der Waals surface area contributed by atoms with Gasteiger partial charge in [-0.3, -0.25) is 0 Å². The summed E-state index contributed by atoms with van der Waals surface area (Å²) in [6, 6.07) is 1.86. The predicted octanol–water partition coefficient (Wildman–Crippen LogP) is 1.91. The number of nitrogens with one attached hydrogen (secondary N) is 1. The van der Waals surface area contributed by atoms with Crippen LogP contribution in [-0.4, -0.2) is 29.8 Å². The largest absolute Gasteiger partial charge is 0.376 e. The number of hydrogen-bond acceptors (Lipinski definition) is 4. The first-order valence-corrected chi connectivity index (χ1v) is 6.37. The molecule has 2 aliphatic rings. The van der Waals surface area contributed by atoms with E-state index in [0.717, 1.165) is 13.0 Å². The maximum Gasteiger partial charge on any atom is 0.145 e. The number of halogens is 2. The van der Waals surface area contributed by atoms with Crippen molar-refractivity contribution in [3.8, 4) is 0 Å². The van der Waals surface area contributed by atoms with E-state index < -0.39 is 0 Å². The molecule has 2 fully saturated rings. The third kappa shape index (κ3) is 1.89. The molecule has 4 atom stereocenters. The lowest BCUT2D eigenvalue weighted by Gasteiger charge is -2.45. The van der Waals surface area contributed by atoms with Crippen molar-refractivity contribution in [2.24, 2.45) is 11.7 Å². The van der Waals surface area contributed by atoms with E-state index in [1.807, 2.05) is 0 Å². The molecule has 4 unspecified atom stereocenters. The first-order chi connectivity index (χ1) is 8.16. The summed E-state index contributed by atoms with van der Waals surface area (Å²) in [7, 11) is 0. The van der Waals surface area contributed by atoms with Gasteiger partial charge in [0.25, 0.3) is 0 Å². The first-order valence-electron chi connectivity index (χ1n) is 5.61. The number of fused-ring (bicyclic) bond motifs is 1. The van der Waals surface area contributed by atoms with Gasteiger partial charge in [0.05, 0.1) is 22.2 Å². The number of pyridine rings is 1. The normalized spacial score (nSPS) is 35.2. The van der Waals surface area contributed by atoms with Crippen molar-refractivity contribution in [2.75, 3.05) is 11.9 Å². The minimum absolute atomic E-state index is 0.0914. The number of nitrogens with two attached hydrogens (primary N) is 1. The Balaban J connectivity index is 1.75. The molecule has 6 heteroatoms. The molecular formula is C11H13Cl2N3O. The smallest absolute Gasteiger partial charge is 0.145 e. The summed E-state index contributed by atoms with van der Waals surface area (Å²) in [6.07, 6.45) is 2.80. The zero-order valence-corrected chi connectivity index (χ0v) is 10.6. The number of hydrogen-bond donors (Lipinski definition) is 2. The summed E-state index contributed by atoms with van der Waals surface area (Å²) in [5, 5.41) is 4.27. The van der Waals surface area contributed by atoms with Crippen LogP contribution in [0.25, 0.3) is 0 Å². The van der Waals surface area contributed by atoms with Crippen LogP contribution in [0.3, 0.4) is 0 Å². The quantitative estimate of drug-likeness (QED) is 0.865. The van der Waals surface area contributed by atoms with Gasteiger partial charge >= 0.3 is 0 Å². The molecule has 0 aromatic carbocycles. The van der Waals surface area contributed by atoms with Gasteiger partial charge in [0, 0.05) is 24.8 Å². The molecular weight excluding hydrogens is 261 g/mol. The Kier molecular flexibility index (Phi) is 2.91. The number of rotatable bonds is 2. The van der Waals surface area contributed by atoms with Crippen molar-refractivity contribution in [2.45, 2.75) is 24.6 Å². The highest BCUT2D eigenvalue weighted by Crippen LogP contribution is 2.39. The van der Waals surface area contributed by atoms with E-state index >= 15 is 0 Å². The minimum atomic E-state index is 0.0914. The molecule has 2 heterocycles. The van der Waals surface area contributed by atoms with E-state index in [1.54, 1.807) is 12.3 Å². The van der Waals surface area contributed by atoms with Crippen molar-refractivity contribution in [1.29, 1.82) is 0 Å². The van der Waals surface area contributed by atoms with Crippen LogP contribution in [0, 0.1) is 5.92 Å². The number of aromatic nitrogens is 1. The second kappa shape index (κ2) is 4.28. The molecule has 1 aliphatic heterocycles. The Morgan fingerprint density at radius 1 is 1.47 bits per heavy atom. The summed E-state index contributed by atoms with van der Waals surface area (Å²) in [5.41, 5.74) is 6.10. The van der Waals surface area contributed by atoms with Crippen LogP contribution >= 0.6 is 23.2 Å². The van der Waals surface area contributed by atoms with Crippen LogP contribution in [0.5, 0.6) is 0 Å². The van der Waals surface area contributed by atoms with E-state index in [9.17, 15) is 0 Å². The summed E-state index contributed by atoms with van der Waals surface area (Å²) in [6.45, 7) is 0.795. The topological polar surface area (TPSA) is 60.2 Å². The van der Waals surface area contributed by atoms with E-state index in [-0.39, 0.29) is 18.2 Å². The fourth-order valence-electron chi connectivity index (χ4n) is 2.61. The molecule has 0 radical (unpaired) electrons. The summed E-state index contributed by atoms with van der Waals surface area (Å²) < 4.78 is 5.63. The summed E-state index contributed by atoms with van der Waals surface area (Å²) in [5.74, 6) is 1.09. The molecule has 4 nitrogen and oxygen atoms in total. The zero-order chi connectivity index (χ0) is 12.0. The highest BCUT2D eigenvalue weighted by Gasteiger charge is 2.52. The third-order valence-electron chi connectivity index (χ3n) is 3.56. The van der Waals surface area contributed by atoms with E-state index in [2.05, 4.69) is 10.3 Å². The van der Waals surface area contributed by atoms with Gasteiger partial charge in [-0.2, -0.15) is 0 Å². The van der Waals surface area contributed by atoms with Crippen LogP contribution in [-0.2, 0) is 4.74 Å². The molecule has 0 spiro atoms. The van der Waals surface area contributed by atoms with Crippen LogP contribution in [0.1, 0.15) is 6.42 Å². The fraction of sp³-hybridized carbons (Fsp3) is 0.545. The molecule has 1 aliphatic carbocycles. The Bertz CT molecular complexity index is 443. The minimum Gasteiger partial charge on any atom is -0.376 e. The third-order valence-corrected chi connectivity index (χ3v) is 4.05. The van der Waals surface area contributed by atoms with Crippen LogP contribution < -0.4 is 11.1 Å². The van der Waals surface area contributed by atoms with Crippen molar-refractivity contribution >= 4 is 29.0 Å². The van der Waals surface area contributed by atoms with Gasteiger partial charge in [0.1, 0.15) is 5.82 Å². The lowest BCUT2D eigenvalue weighted by molar-refractivity contribution is 0.00524. The van der Waals surface area contributed by atoms with Crippen LogP contribution in [0.4, 0.5) is 5.82 Å². The zero-order valence-electron chi connectivity index (χ0n) is 9.07. The predicted molar refractivity (Wildman–Crippen MR) is 67.5 cm³/mol. The monoisotopic (exact) mass is 273 g/mol. The Morgan fingerprint density at radius 2 is 2.29 bits per heavy atom. The average Bonchev–Trinajstić information content (AvgIpc) is 2.72. The van der Waals surface area contributed by atoms with Crippen LogP contribution in [0.15, 0.2) is 12.3 Å². The molecule has 0 amide bonds. The molecule has 0 bridgehead atoms. The lowest BCUT2D eigenvalue weighted by atomic mass is 9.72. The first kappa shape index (κ1) is 11.5. The number of ether oxygens (including phenoxy) is 1. The van der Waals surface area contributed by atoms with Gasteiger partial charge in [-0.15, -0.1) is 0 Å². The van der Waals surface area contributed by atoms with Crippen LogP contribution in [0.2, 0.25) is 10.0 Å². The molecule has 3 N–H and O–H groups in total. The highest BCUT2D eigenvalue weighted by molar-refractivity contribution is 6.35. The number of anilines is 1. The highest BCUT2D eigenvalue weighted by atomic mass is 35.5. The Labute approximate surface area is 109 Å². The molecule has 3 rings (SSSR count). The van der Waals surface area contributed by atoms with E-state index in [1.165, 1.54) is 0 Å². The molecule has 92 valence electrons. The SMILES string of the molecule is NC1C2CCOC2C1Nc1ncc(Cl)cc1Cl. The molecule has 17 heavy (non-hydrogen) atoms. The summed E-state index contributed by atoms with van der Waals surface area (Å²) in [4.78, 5) is 4.16. The van der Waals surface area contributed by atoms with Crippen molar-refractivity contribution in [1.82, 2.24) is 4.98 Å². The van der Waals surface area contributed by atoms with Gasteiger partial charge < -0.3 is 15.8 Å². The van der Waals surface area contributed by atoms with Gasteiger partial charge in [0.2, 0.25) is 0 Å². The van der Waals surface area contributed by atoms with Crippen molar-refractivity contribution < 1.29 is 4.74 Å². The van der Waals surface area contributed by atoms with Gasteiger partial charge in [-0.25, -0.2) is 4.98 Å². The van der Waals surface area contributed by atoms with Gasteiger partial charge in [0.15, 0.2) is 0 Å².